The highest BCUT2D eigenvalue weighted by Crippen LogP contribution is 2.28. The van der Waals surface area contributed by atoms with E-state index in [-0.39, 0.29) is 11.3 Å². The van der Waals surface area contributed by atoms with E-state index in [4.69, 9.17) is 16.1 Å². The average Bonchev–Trinajstić information content (AvgIpc) is 2.86. The van der Waals surface area contributed by atoms with Crippen LogP contribution in [0.5, 0.6) is 0 Å². The van der Waals surface area contributed by atoms with Gasteiger partial charge in [0.2, 0.25) is 11.2 Å². The molecule has 1 N–H and O–H groups in total. The van der Waals surface area contributed by atoms with E-state index in [1.54, 1.807) is 6.92 Å². The van der Waals surface area contributed by atoms with Crippen molar-refractivity contribution in [3.63, 3.8) is 0 Å². The van der Waals surface area contributed by atoms with Crippen LogP contribution in [0, 0.1) is 6.92 Å². The molecule has 0 aliphatic heterocycles. The Morgan fingerprint density at radius 3 is 2.81 bits per heavy atom. The lowest BCUT2D eigenvalue weighted by atomic mass is 10.2. The fourth-order valence-electron chi connectivity index (χ4n) is 1.94. The van der Waals surface area contributed by atoms with Gasteiger partial charge < -0.3 is 9.84 Å². The van der Waals surface area contributed by atoms with Crippen molar-refractivity contribution in [3.8, 4) is 0 Å². The van der Waals surface area contributed by atoms with Gasteiger partial charge in [-0.25, -0.2) is 9.97 Å². The first kappa shape index (κ1) is 14.2. The molecule has 2 aromatic heterocycles. The second-order valence-electron chi connectivity index (χ2n) is 4.55. The molecule has 1 atom stereocenters. The number of benzene rings is 1. The summed E-state index contributed by atoms with van der Waals surface area (Å²) in [6, 6.07) is 5.51. The van der Waals surface area contributed by atoms with Crippen LogP contribution >= 0.6 is 27.5 Å². The topological polar surface area (TPSA) is 76.7 Å². The van der Waals surface area contributed by atoms with Crippen molar-refractivity contribution in [2.24, 2.45) is 0 Å². The van der Waals surface area contributed by atoms with Gasteiger partial charge in [0.1, 0.15) is 11.9 Å². The zero-order valence-corrected chi connectivity index (χ0v) is 13.6. The van der Waals surface area contributed by atoms with Crippen LogP contribution < -0.4 is 5.32 Å². The third kappa shape index (κ3) is 2.98. The number of hydrogen-bond acceptors (Lipinski definition) is 6. The van der Waals surface area contributed by atoms with Crippen molar-refractivity contribution in [3.05, 3.63) is 39.7 Å². The smallest absolute Gasteiger partial charge is 0.248 e. The summed E-state index contributed by atoms with van der Waals surface area (Å²) in [6.45, 7) is 3.68. The fraction of sp³-hybridized carbons (Fsp3) is 0.231. The Bertz CT molecular complexity index is 806. The molecule has 6 nitrogen and oxygen atoms in total. The molecule has 8 heteroatoms. The summed E-state index contributed by atoms with van der Waals surface area (Å²) in [5.74, 6) is 1.70. The Kier molecular flexibility index (Phi) is 3.77. The van der Waals surface area contributed by atoms with Gasteiger partial charge in [0, 0.05) is 9.86 Å². The van der Waals surface area contributed by atoms with Gasteiger partial charge in [-0.15, -0.1) is 0 Å². The third-order valence-electron chi connectivity index (χ3n) is 2.90. The number of hydrogen-bond donors (Lipinski definition) is 1. The second-order valence-corrected chi connectivity index (χ2v) is 5.80. The number of aryl methyl sites for hydroxylation is 1. The Morgan fingerprint density at radius 2 is 2.10 bits per heavy atom. The Labute approximate surface area is 134 Å². The molecule has 21 heavy (non-hydrogen) atoms. The monoisotopic (exact) mass is 367 g/mol. The van der Waals surface area contributed by atoms with Gasteiger partial charge in [0.25, 0.3) is 0 Å². The van der Waals surface area contributed by atoms with E-state index in [2.05, 4.69) is 41.4 Å². The van der Waals surface area contributed by atoms with Gasteiger partial charge >= 0.3 is 0 Å². The summed E-state index contributed by atoms with van der Waals surface area (Å²) in [5.41, 5.74) is 0.759. The number of nitrogens with zero attached hydrogens (tertiary/aromatic N) is 4. The molecule has 0 saturated carbocycles. The molecular weight excluding hydrogens is 358 g/mol. The highest BCUT2D eigenvalue weighted by Gasteiger charge is 2.16. The van der Waals surface area contributed by atoms with Crippen molar-refractivity contribution < 1.29 is 4.52 Å². The summed E-state index contributed by atoms with van der Waals surface area (Å²) in [6.07, 6.45) is 0. The van der Waals surface area contributed by atoms with Gasteiger partial charge in [-0.1, -0.05) is 21.1 Å². The lowest BCUT2D eigenvalue weighted by molar-refractivity contribution is 0.364. The minimum absolute atomic E-state index is 0.182. The number of aromatic nitrogens is 4. The Morgan fingerprint density at radius 1 is 1.29 bits per heavy atom. The fourth-order valence-corrected chi connectivity index (χ4v) is 2.47. The van der Waals surface area contributed by atoms with E-state index in [1.807, 2.05) is 25.1 Å². The van der Waals surface area contributed by atoms with Crippen LogP contribution in [0.25, 0.3) is 10.9 Å². The third-order valence-corrected chi connectivity index (χ3v) is 3.56. The number of anilines is 1. The predicted octanol–water partition coefficient (Wildman–Crippen LogP) is 3.91. The molecule has 0 amide bonds. The summed E-state index contributed by atoms with van der Waals surface area (Å²) in [7, 11) is 0. The Hall–Kier alpha value is -1.73. The quantitative estimate of drug-likeness (QED) is 0.706. The standard InChI is InChI=1S/C13H11BrClN5O/c1-6(12-17-7(2)20-21-12)16-11-9-5-8(14)3-4-10(9)18-13(15)19-11/h3-6H,1-2H3,(H,16,18,19). The first-order valence-corrected chi connectivity index (χ1v) is 7.39. The largest absolute Gasteiger partial charge is 0.358 e. The molecular formula is C13H11BrClN5O. The molecule has 1 unspecified atom stereocenters. The van der Waals surface area contributed by atoms with Gasteiger partial charge in [-0.3, -0.25) is 0 Å². The van der Waals surface area contributed by atoms with Gasteiger partial charge in [-0.2, -0.15) is 4.98 Å². The number of halogens is 2. The van der Waals surface area contributed by atoms with Gasteiger partial charge in [-0.05, 0) is 43.6 Å². The first-order valence-electron chi connectivity index (χ1n) is 6.22. The SMILES string of the molecule is Cc1noc(C(C)Nc2nc(Cl)nc3ccc(Br)cc23)n1. The molecule has 2 heterocycles. The average molecular weight is 369 g/mol. The van der Waals surface area contributed by atoms with Crippen LogP contribution in [0.3, 0.4) is 0 Å². The molecule has 3 aromatic rings. The van der Waals surface area contributed by atoms with Crippen LogP contribution in [0.4, 0.5) is 5.82 Å². The lowest BCUT2D eigenvalue weighted by Gasteiger charge is -2.12. The molecule has 108 valence electrons. The number of nitrogens with one attached hydrogen (secondary N) is 1. The normalized spacial score (nSPS) is 12.6. The van der Waals surface area contributed by atoms with Crippen molar-refractivity contribution in [1.29, 1.82) is 0 Å². The zero-order valence-electron chi connectivity index (χ0n) is 11.3. The highest BCUT2D eigenvalue weighted by molar-refractivity contribution is 9.10. The Balaban J connectivity index is 2.01. The van der Waals surface area contributed by atoms with Crippen LogP contribution in [-0.2, 0) is 0 Å². The van der Waals surface area contributed by atoms with Crippen molar-refractivity contribution in [1.82, 2.24) is 20.1 Å². The molecule has 0 radical (unpaired) electrons. The minimum atomic E-state index is -0.195. The van der Waals surface area contributed by atoms with E-state index in [1.165, 1.54) is 0 Å². The van der Waals surface area contributed by atoms with Crippen LogP contribution in [-0.4, -0.2) is 20.1 Å². The summed E-state index contributed by atoms with van der Waals surface area (Å²) in [5, 5.41) is 8.05. The van der Waals surface area contributed by atoms with Crippen molar-refractivity contribution >= 4 is 44.3 Å². The maximum atomic E-state index is 5.97. The zero-order chi connectivity index (χ0) is 15.0. The molecule has 0 saturated heterocycles. The molecule has 0 bridgehead atoms. The van der Waals surface area contributed by atoms with Gasteiger partial charge in [0.05, 0.1) is 5.52 Å². The molecule has 0 fully saturated rings. The molecule has 3 rings (SSSR count). The molecule has 1 aromatic carbocycles. The lowest BCUT2D eigenvalue weighted by Crippen LogP contribution is -2.09. The van der Waals surface area contributed by atoms with Crippen LogP contribution in [0.2, 0.25) is 5.28 Å². The van der Waals surface area contributed by atoms with Gasteiger partial charge in [0.15, 0.2) is 5.82 Å². The summed E-state index contributed by atoms with van der Waals surface area (Å²) >= 11 is 9.41. The highest BCUT2D eigenvalue weighted by atomic mass is 79.9. The van der Waals surface area contributed by atoms with E-state index in [9.17, 15) is 0 Å². The first-order chi connectivity index (χ1) is 10.0. The van der Waals surface area contributed by atoms with Crippen LogP contribution in [0.15, 0.2) is 27.2 Å². The van der Waals surface area contributed by atoms with E-state index >= 15 is 0 Å². The van der Waals surface area contributed by atoms with Crippen LogP contribution in [0.1, 0.15) is 24.7 Å². The van der Waals surface area contributed by atoms with E-state index in [0.717, 1.165) is 15.4 Å². The van der Waals surface area contributed by atoms with E-state index in [0.29, 0.717) is 17.5 Å². The minimum Gasteiger partial charge on any atom is -0.358 e. The van der Waals surface area contributed by atoms with Crippen molar-refractivity contribution in [2.75, 3.05) is 5.32 Å². The summed E-state index contributed by atoms with van der Waals surface area (Å²) in [4.78, 5) is 12.7. The molecule has 0 aliphatic rings. The number of rotatable bonds is 3. The predicted molar refractivity (Wildman–Crippen MR) is 83.3 cm³/mol. The van der Waals surface area contributed by atoms with Crippen molar-refractivity contribution in [2.45, 2.75) is 19.9 Å². The molecule has 0 aliphatic carbocycles. The molecule has 0 spiro atoms. The summed E-state index contributed by atoms with van der Waals surface area (Å²) < 4.78 is 6.09. The maximum Gasteiger partial charge on any atom is 0.248 e. The second kappa shape index (κ2) is 5.57. The maximum absolute atomic E-state index is 5.97. The van der Waals surface area contributed by atoms with E-state index < -0.39 is 0 Å². The number of fused-ring (bicyclic) bond motifs is 1.